The number of aromatic nitrogens is 4. The maximum atomic E-state index is 12.4. The third kappa shape index (κ3) is 19.2. The monoisotopic (exact) mass is 1250 g/mol. The number of amides is 1. The van der Waals surface area contributed by atoms with Crippen LogP contribution in [0.2, 0.25) is 15.3 Å². The molecule has 0 saturated carbocycles. The number of rotatable bonds is 3. The number of fused-ring (bicyclic) bond motifs is 3. The highest BCUT2D eigenvalue weighted by Crippen LogP contribution is 2.33. The zero-order valence-corrected chi connectivity index (χ0v) is 50.3. The van der Waals surface area contributed by atoms with Crippen molar-refractivity contribution in [2.24, 2.45) is 5.92 Å². The number of alkyl halides is 6. The summed E-state index contributed by atoms with van der Waals surface area (Å²) in [5.74, 6) is -0.792. The van der Waals surface area contributed by atoms with Crippen LogP contribution in [0.25, 0.3) is 32.8 Å². The third-order valence-corrected chi connectivity index (χ3v) is 15.0. The molecule has 1 saturated heterocycles. The van der Waals surface area contributed by atoms with Crippen LogP contribution < -0.4 is 0 Å². The van der Waals surface area contributed by atoms with Crippen molar-refractivity contribution in [3.8, 4) is 0 Å². The van der Waals surface area contributed by atoms with Crippen LogP contribution in [0.4, 0.5) is 30.7 Å². The number of aryl methyl sites for hydroxylation is 8. The minimum Gasteiger partial charge on any atom is -0.466 e. The van der Waals surface area contributed by atoms with E-state index in [-0.39, 0.29) is 23.4 Å². The first kappa shape index (κ1) is 66.1. The topological polar surface area (TPSA) is 98.2 Å². The van der Waals surface area contributed by atoms with Gasteiger partial charge in [-0.3, -0.25) is 9.59 Å². The molecule has 10 rings (SSSR count). The minimum absolute atomic E-state index is 0.0484. The van der Waals surface area contributed by atoms with Gasteiger partial charge < -0.3 is 9.64 Å². The molecular weight excluding hydrogens is 1190 g/mol. The van der Waals surface area contributed by atoms with Gasteiger partial charge in [0, 0.05) is 28.1 Å². The van der Waals surface area contributed by atoms with Gasteiger partial charge in [-0.2, -0.15) is 26.3 Å². The van der Waals surface area contributed by atoms with Gasteiger partial charge in [0.05, 0.1) is 57.1 Å². The van der Waals surface area contributed by atoms with Crippen LogP contribution in [0.15, 0.2) is 138 Å². The zero-order chi connectivity index (χ0) is 60.6. The maximum Gasteiger partial charge on any atom is 0.416 e. The Bertz CT molecular complexity index is 3520. The molecule has 9 aromatic rings. The number of likely N-dealkylation sites (tertiary alicyclic amines) is 1. The fourth-order valence-electron chi connectivity index (χ4n) is 8.01. The lowest BCUT2D eigenvalue weighted by Crippen LogP contribution is -2.40. The Morgan fingerprint density at radius 1 is 0.585 bits per heavy atom. The molecule has 82 heavy (non-hydrogen) atoms. The summed E-state index contributed by atoms with van der Waals surface area (Å²) in [4.78, 5) is 42.9. The van der Waals surface area contributed by atoms with Gasteiger partial charge in [0.1, 0.15) is 5.82 Å². The molecule has 7 aromatic carbocycles. The summed E-state index contributed by atoms with van der Waals surface area (Å²) in [5, 5.41) is 3.89. The van der Waals surface area contributed by atoms with Gasteiger partial charge in [0.25, 0.3) is 5.91 Å². The minimum atomic E-state index is -4.39. The van der Waals surface area contributed by atoms with E-state index >= 15 is 0 Å². The largest absolute Gasteiger partial charge is 0.466 e. The number of piperidine rings is 1. The van der Waals surface area contributed by atoms with E-state index in [1.165, 1.54) is 51.8 Å². The van der Waals surface area contributed by atoms with Gasteiger partial charge in [0.15, 0.2) is 10.3 Å². The van der Waals surface area contributed by atoms with Gasteiger partial charge in [-0.1, -0.05) is 101 Å². The lowest BCUT2D eigenvalue weighted by atomic mass is 9.96. The number of nitrogens with zero attached hydrogens (tertiary/aromatic N) is 5. The van der Waals surface area contributed by atoms with Crippen LogP contribution in [0.3, 0.4) is 0 Å². The summed E-state index contributed by atoms with van der Waals surface area (Å²) in [6, 6.07) is 37.6. The summed E-state index contributed by atoms with van der Waals surface area (Å²) < 4.78 is 91.0. The molecule has 0 N–H and O–H groups in total. The predicted molar refractivity (Wildman–Crippen MR) is 318 cm³/mol. The predicted octanol–water partition coefficient (Wildman–Crippen LogP) is 18.9. The fraction of sp³-hybridized carbons (Fsp3) is 0.270. The maximum absolute atomic E-state index is 12.4. The van der Waals surface area contributed by atoms with E-state index in [1.807, 2.05) is 93.3 Å². The SMILES string of the molecule is CCOC(=O)C1CCN(C(=O)c2ccc(C)cc2)CC1.Cc1cc(C(F)(F)F)ccc1Cl.Cc1cc(F)ccc1C(F)(F)F.Cc1cc2nc(C)c(Cl)nc2cc1C.Cc1ccc2ccccc2c1Br.Cc1nc2ccccc2nc1Cl. The van der Waals surface area contributed by atoms with Crippen molar-refractivity contribution in [2.75, 3.05) is 19.7 Å². The number of esters is 1. The normalized spacial score (nSPS) is 12.3. The number of ether oxygens (including phenoxy) is 1. The number of carbonyl (C=O) groups is 2. The lowest BCUT2D eigenvalue weighted by molar-refractivity contribution is -0.149. The summed E-state index contributed by atoms with van der Waals surface area (Å²) in [7, 11) is 0. The highest BCUT2D eigenvalue weighted by Gasteiger charge is 2.33. The van der Waals surface area contributed by atoms with Crippen LogP contribution in [-0.4, -0.2) is 56.4 Å². The van der Waals surface area contributed by atoms with Crippen molar-refractivity contribution in [1.29, 1.82) is 0 Å². The molecule has 1 fully saturated rings. The molecule has 0 spiro atoms. The van der Waals surface area contributed by atoms with E-state index in [4.69, 9.17) is 39.5 Å². The average molecular weight is 1250 g/mol. The van der Waals surface area contributed by atoms with Crippen molar-refractivity contribution in [3.05, 3.63) is 221 Å². The molecule has 1 aliphatic heterocycles. The third-order valence-electron chi connectivity index (χ3n) is 12.8. The second kappa shape index (κ2) is 30.0. The standard InChI is InChI=1S/C16H21NO3.C11H9Br.C11H11ClN2.C9H7ClN2.C8H6ClF3.C8H6F4/c1-3-20-16(19)14-8-10-17(11-9-14)15(18)13-6-4-12(2)5-7-13;1-8-6-7-9-4-2-3-5-10(9)11(8)12;1-6-4-9-10(5-7(6)2)14-11(12)8(3)13-9;1-6-9(10)12-8-5-3-2-4-7(8)11-6;1-5-4-6(8(10,11)12)2-3-7(5)9;1-5-4-6(9)2-3-7(5)8(10,11)12/h4-7,14H,3,8-11H2,1-2H3;2-7H,1H3;4-5H,1-3H3;2-5H,1H3;2*2-4H,1H3. The van der Waals surface area contributed by atoms with Crippen molar-refractivity contribution >= 4 is 95.4 Å². The van der Waals surface area contributed by atoms with Crippen molar-refractivity contribution in [3.63, 3.8) is 0 Å². The smallest absolute Gasteiger partial charge is 0.416 e. The van der Waals surface area contributed by atoms with E-state index in [0.29, 0.717) is 59.0 Å². The Hall–Kier alpha value is -6.72. The van der Waals surface area contributed by atoms with Crippen LogP contribution in [0, 0.1) is 67.1 Å². The summed E-state index contributed by atoms with van der Waals surface area (Å²) >= 11 is 20.9. The summed E-state index contributed by atoms with van der Waals surface area (Å²) in [5.41, 5.74) is 9.54. The quantitative estimate of drug-likeness (QED) is 0.128. The first-order chi connectivity index (χ1) is 38.6. The average Bonchev–Trinajstić information content (AvgIpc) is 3.63. The van der Waals surface area contributed by atoms with Crippen LogP contribution in [0.5, 0.6) is 0 Å². The fourth-order valence-corrected chi connectivity index (χ4v) is 8.89. The number of para-hydroxylation sites is 2. The van der Waals surface area contributed by atoms with Gasteiger partial charge in [0.2, 0.25) is 0 Å². The molecule has 0 unspecified atom stereocenters. The van der Waals surface area contributed by atoms with E-state index < -0.39 is 29.3 Å². The van der Waals surface area contributed by atoms with E-state index in [1.54, 1.807) is 0 Å². The molecule has 0 aliphatic carbocycles. The van der Waals surface area contributed by atoms with Crippen molar-refractivity contribution < 1.29 is 45.1 Å². The lowest BCUT2D eigenvalue weighted by Gasteiger charge is -2.31. The van der Waals surface area contributed by atoms with E-state index in [2.05, 4.69) is 93.0 Å². The van der Waals surface area contributed by atoms with Gasteiger partial charge in [-0.05, 0) is 202 Å². The molecule has 3 heterocycles. The van der Waals surface area contributed by atoms with Crippen molar-refractivity contribution in [1.82, 2.24) is 24.8 Å². The van der Waals surface area contributed by atoms with E-state index in [0.717, 1.165) is 69.3 Å². The first-order valence-corrected chi connectivity index (χ1v) is 27.6. The highest BCUT2D eigenvalue weighted by atomic mass is 79.9. The molecule has 19 heteroatoms. The van der Waals surface area contributed by atoms with Gasteiger partial charge >= 0.3 is 18.3 Å². The number of halogens is 11. The van der Waals surface area contributed by atoms with Gasteiger partial charge in [-0.25, -0.2) is 24.3 Å². The molecule has 0 atom stereocenters. The van der Waals surface area contributed by atoms with Crippen LogP contribution in [-0.2, 0) is 21.9 Å². The number of hydrogen-bond donors (Lipinski definition) is 0. The molecule has 432 valence electrons. The molecule has 8 nitrogen and oxygen atoms in total. The zero-order valence-electron chi connectivity index (χ0n) is 46.4. The highest BCUT2D eigenvalue weighted by molar-refractivity contribution is 9.10. The first-order valence-electron chi connectivity index (χ1n) is 25.7. The Kier molecular flexibility index (Phi) is 24.2. The van der Waals surface area contributed by atoms with Crippen LogP contribution in [0.1, 0.15) is 86.0 Å². The molecule has 0 radical (unpaired) electrons. The van der Waals surface area contributed by atoms with E-state index in [9.17, 15) is 40.3 Å². The molecule has 1 aliphatic rings. The number of hydrogen-bond acceptors (Lipinski definition) is 7. The number of benzene rings is 7. The molecule has 1 amide bonds. The Morgan fingerprint density at radius 3 is 1.67 bits per heavy atom. The summed E-state index contributed by atoms with van der Waals surface area (Å²) in [6.07, 6.45) is -7.29. The molecule has 2 aromatic heterocycles. The number of carbonyl (C=O) groups excluding carboxylic acids is 2. The second-order valence-electron chi connectivity index (χ2n) is 19.1. The molecule has 0 bridgehead atoms. The van der Waals surface area contributed by atoms with Crippen LogP contribution >= 0.6 is 50.7 Å². The van der Waals surface area contributed by atoms with Crippen molar-refractivity contribution in [2.45, 2.75) is 87.5 Å². The summed E-state index contributed by atoms with van der Waals surface area (Å²) in [6.45, 7) is 18.2. The Morgan fingerprint density at radius 2 is 1.12 bits per heavy atom. The van der Waals surface area contributed by atoms with Gasteiger partial charge in [-0.15, -0.1) is 0 Å². The second-order valence-corrected chi connectivity index (χ2v) is 21.1. The Balaban J connectivity index is 0.000000183. The Labute approximate surface area is 496 Å². The molecular formula is C63H60BrCl3F7N5O3.